The van der Waals surface area contributed by atoms with Gasteiger partial charge in [-0.15, -0.1) is 0 Å². The van der Waals surface area contributed by atoms with Gasteiger partial charge in [-0.05, 0) is 27.2 Å². The molecule has 0 aliphatic carbocycles. The van der Waals surface area contributed by atoms with Crippen molar-refractivity contribution < 1.29 is 18.1 Å². The Bertz CT molecular complexity index is 221. The first-order valence-corrected chi connectivity index (χ1v) is 8.99. The number of Topliss-reactive ketones (excluding diaryl/α,β-unsaturated/α-hetero) is 1. The fourth-order valence-corrected chi connectivity index (χ4v) is 5.00. The van der Waals surface area contributed by atoms with Gasteiger partial charge in [-0.1, -0.05) is 6.92 Å². The molecule has 18 heavy (non-hydrogen) atoms. The summed E-state index contributed by atoms with van der Waals surface area (Å²) in [6.07, 6.45) is 1.71. The summed E-state index contributed by atoms with van der Waals surface area (Å²) in [6, 6.07) is 0. The maximum atomic E-state index is 11.4. The van der Waals surface area contributed by atoms with Gasteiger partial charge in [-0.25, -0.2) is 0 Å². The Balaban J connectivity index is 4.63. The zero-order valence-electron chi connectivity index (χ0n) is 11.9. The molecule has 0 heterocycles. The monoisotopic (exact) mass is 294 g/mol. The highest BCUT2D eigenvalue weighted by molar-refractivity contribution is 7.83. The number of ketones is 1. The molecule has 0 aliphatic rings. The molecule has 0 radical (unpaired) electrons. The van der Waals surface area contributed by atoms with E-state index in [4.69, 9.17) is 13.3 Å². The summed E-state index contributed by atoms with van der Waals surface area (Å²) in [7, 11) is -2.77. The highest BCUT2D eigenvalue weighted by atomic mass is 32.1. The maximum Gasteiger partial charge on any atom is 0.514 e. The summed E-state index contributed by atoms with van der Waals surface area (Å²) >= 11 is 4.56. The van der Waals surface area contributed by atoms with Crippen molar-refractivity contribution in [3.63, 3.8) is 0 Å². The summed E-state index contributed by atoms with van der Waals surface area (Å²) in [5.74, 6) is 0.237. The van der Waals surface area contributed by atoms with Crippen LogP contribution >= 0.6 is 12.6 Å². The van der Waals surface area contributed by atoms with Gasteiger partial charge >= 0.3 is 8.80 Å². The predicted molar refractivity (Wildman–Crippen MR) is 77.9 cm³/mol. The van der Waals surface area contributed by atoms with Gasteiger partial charge in [-0.2, -0.15) is 12.6 Å². The molecule has 0 amide bonds. The van der Waals surface area contributed by atoms with Crippen LogP contribution in [0.25, 0.3) is 0 Å². The SMILES string of the molecule is CCO[Si](OCC)(OCC)C(S)CCC(=O)CC. The number of hydrogen-bond donors (Lipinski definition) is 1. The van der Waals surface area contributed by atoms with Crippen LogP contribution in [0.4, 0.5) is 0 Å². The first kappa shape index (κ1) is 18.1. The van der Waals surface area contributed by atoms with Crippen LogP contribution in [0, 0.1) is 0 Å². The molecule has 0 saturated carbocycles. The smallest absolute Gasteiger partial charge is 0.373 e. The summed E-state index contributed by atoms with van der Waals surface area (Å²) in [6.45, 7) is 9.21. The Hall–Kier alpha value is 0.117. The van der Waals surface area contributed by atoms with Crippen molar-refractivity contribution in [2.45, 2.75) is 51.8 Å². The molecule has 0 N–H and O–H groups in total. The van der Waals surface area contributed by atoms with Crippen LogP contribution in [-0.4, -0.2) is 39.3 Å². The molecule has 1 unspecified atom stereocenters. The van der Waals surface area contributed by atoms with Crippen LogP contribution in [0.5, 0.6) is 0 Å². The minimum Gasteiger partial charge on any atom is -0.373 e. The van der Waals surface area contributed by atoms with Gasteiger partial charge in [0.05, 0.1) is 4.87 Å². The van der Waals surface area contributed by atoms with Gasteiger partial charge in [0.15, 0.2) is 0 Å². The lowest BCUT2D eigenvalue weighted by Crippen LogP contribution is -2.54. The van der Waals surface area contributed by atoms with E-state index in [9.17, 15) is 4.79 Å². The molecule has 0 aromatic rings. The van der Waals surface area contributed by atoms with Crippen LogP contribution in [0.15, 0.2) is 0 Å². The van der Waals surface area contributed by atoms with E-state index in [2.05, 4.69) is 12.6 Å². The molecule has 0 bridgehead atoms. The Morgan fingerprint density at radius 2 is 1.50 bits per heavy atom. The van der Waals surface area contributed by atoms with Crippen molar-refractivity contribution >= 4 is 27.2 Å². The Labute approximate surface area is 117 Å². The topological polar surface area (TPSA) is 44.8 Å². The lowest BCUT2D eigenvalue weighted by molar-refractivity contribution is -0.118. The van der Waals surface area contributed by atoms with E-state index < -0.39 is 8.80 Å². The Morgan fingerprint density at radius 3 is 1.83 bits per heavy atom. The van der Waals surface area contributed by atoms with Crippen molar-refractivity contribution in [3.05, 3.63) is 0 Å². The number of carbonyl (C=O) groups is 1. The first-order valence-electron chi connectivity index (χ1n) is 6.67. The average molecular weight is 294 g/mol. The number of hydrogen-bond acceptors (Lipinski definition) is 5. The molecule has 0 aromatic heterocycles. The number of carbonyl (C=O) groups excluding carboxylic acids is 1. The minimum absolute atomic E-state index is 0.146. The highest BCUT2D eigenvalue weighted by Gasteiger charge is 2.47. The fourth-order valence-electron chi connectivity index (χ4n) is 1.67. The fraction of sp³-hybridized carbons (Fsp3) is 0.917. The third-order valence-corrected chi connectivity index (χ3v) is 6.92. The molecule has 0 saturated heterocycles. The molecule has 0 fully saturated rings. The molecule has 0 aliphatic heterocycles. The van der Waals surface area contributed by atoms with Crippen LogP contribution in [0.1, 0.15) is 47.0 Å². The summed E-state index contributed by atoms with van der Waals surface area (Å²) in [5.41, 5.74) is 0. The second-order valence-corrected chi connectivity index (χ2v) is 7.73. The third-order valence-electron chi connectivity index (χ3n) is 2.54. The predicted octanol–water partition coefficient (Wildman–Crippen LogP) is 2.63. The zero-order valence-corrected chi connectivity index (χ0v) is 13.8. The minimum atomic E-state index is -2.77. The third kappa shape index (κ3) is 5.84. The van der Waals surface area contributed by atoms with Crippen molar-refractivity contribution in [1.82, 2.24) is 0 Å². The largest absolute Gasteiger partial charge is 0.514 e. The zero-order chi connectivity index (χ0) is 14.0. The second kappa shape index (κ2) is 9.97. The van der Waals surface area contributed by atoms with Crippen molar-refractivity contribution in [1.29, 1.82) is 0 Å². The quantitative estimate of drug-likeness (QED) is 0.470. The van der Waals surface area contributed by atoms with E-state index in [1.165, 1.54) is 0 Å². The van der Waals surface area contributed by atoms with Crippen molar-refractivity contribution in [2.24, 2.45) is 0 Å². The lowest BCUT2D eigenvalue weighted by atomic mass is 10.2. The molecule has 108 valence electrons. The second-order valence-electron chi connectivity index (χ2n) is 3.85. The summed E-state index contributed by atoms with van der Waals surface area (Å²) < 4.78 is 17.2. The molecular formula is C12H26O4SSi. The van der Waals surface area contributed by atoms with Crippen molar-refractivity contribution in [3.8, 4) is 0 Å². The van der Waals surface area contributed by atoms with Crippen LogP contribution in [0.2, 0.25) is 0 Å². The van der Waals surface area contributed by atoms with Crippen molar-refractivity contribution in [2.75, 3.05) is 19.8 Å². The number of thiol groups is 1. The van der Waals surface area contributed by atoms with E-state index >= 15 is 0 Å². The van der Waals surface area contributed by atoms with Gasteiger partial charge in [0.2, 0.25) is 0 Å². The van der Waals surface area contributed by atoms with Gasteiger partial charge in [0, 0.05) is 32.7 Å². The normalized spacial score (nSPS) is 13.6. The molecule has 0 rings (SSSR count). The average Bonchev–Trinajstić information content (AvgIpc) is 2.36. The van der Waals surface area contributed by atoms with E-state index in [1.807, 2.05) is 27.7 Å². The molecule has 0 spiro atoms. The van der Waals surface area contributed by atoms with Gasteiger partial charge in [-0.3, -0.25) is 4.79 Å². The molecule has 6 heteroatoms. The first-order chi connectivity index (χ1) is 8.56. The molecular weight excluding hydrogens is 268 g/mol. The van der Waals surface area contributed by atoms with Gasteiger partial charge in [0.25, 0.3) is 0 Å². The molecule has 1 atom stereocenters. The van der Waals surface area contributed by atoms with E-state index in [1.54, 1.807) is 0 Å². The van der Waals surface area contributed by atoms with Crippen LogP contribution < -0.4 is 0 Å². The maximum absolute atomic E-state index is 11.4. The molecule has 4 nitrogen and oxygen atoms in total. The van der Waals surface area contributed by atoms with Gasteiger partial charge in [0.1, 0.15) is 5.78 Å². The lowest BCUT2D eigenvalue weighted by Gasteiger charge is -2.32. The van der Waals surface area contributed by atoms with Crippen LogP contribution in [0.3, 0.4) is 0 Å². The van der Waals surface area contributed by atoms with E-state index in [0.29, 0.717) is 39.1 Å². The van der Waals surface area contributed by atoms with E-state index in [0.717, 1.165) is 0 Å². The standard InChI is InChI=1S/C12H26O4SSi/c1-5-11(13)9-10-12(17)18(14-6-2,15-7-3)16-8-4/h12,17H,5-10H2,1-4H3. The van der Waals surface area contributed by atoms with Gasteiger partial charge < -0.3 is 13.3 Å². The highest BCUT2D eigenvalue weighted by Crippen LogP contribution is 2.23. The Morgan fingerprint density at radius 1 is 1.06 bits per heavy atom. The Kier molecular flexibility index (Phi) is 10.0. The molecule has 0 aromatic carbocycles. The number of rotatable bonds is 11. The summed E-state index contributed by atoms with van der Waals surface area (Å²) in [4.78, 5) is 11.2. The summed E-state index contributed by atoms with van der Waals surface area (Å²) in [5, 5.41) is 0. The van der Waals surface area contributed by atoms with Crippen LogP contribution in [-0.2, 0) is 18.1 Å². The van der Waals surface area contributed by atoms with E-state index in [-0.39, 0.29) is 10.7 Å².